The highest BCUT2D eigenvalue weighted by Crippen LogP contribution is 2.30. The first kappa shape index (κ1) is 16.9. The number of hydrogen-bond acceptors (Lipinski definition) is 5. The summed E-state index contributed by atoms with van der Waals surface area (Å²) in [5, 5.41) is 2.89. The SMILES string of the molecule is CN(C(=O)c1csc(CN)n1)C1CCN(c2ccccc2Cl)C1=O. The molecule has 0 radical (unpaired) electrons. The van der Waals surface area contributed by atoms with Crippen LogP contribution in [0.2, 0.25) is 5.02 Å². The molecule has 1 saturated heterocycles. The zero-order chi connectivity index (χ0) is 17.3. The Morgan fingerprint density at radius 1 is 1.50 bits per heavy atom. The second-order valence-electron chi connectivity index (χ2n) is 5.49. The van der Waals surface area contributed by atoms with E-state index in [4.69, 9.17) is 17.3 Å². The van der Waals surface area contributed by atoms with Crippen LogP contribution in [0.15, 0.2) is 29.6 Å². The molecule has 6 nitrogen and oxygen atoms in total. The summed E-state index contributed by atoms with van der Waals surface area (Å²) in [5.41, 5.74) is 6.53. The van der Waals surface area contributed by atoms with Crippen molar-refractivity contribution in [1.82, 2.24) is 9.88 Å². The van der Waals surface area contributed by atoms with Gasteiger partial charge in [0.2, 0.25) is 5.91 Å². The van der Waals surface area contributed by atoms with E-state index in [1.807, 2.05) is 12.1 Å². The van der Waals surface area contributed by atoms with Crippen molar-refractivity contribution in [3.8, 4) is 0 Å². The number of anilines is 1. The number of likely N-dealkylation sites (N-methyl/N-ethyl adjacent to an activating group) is 1. The fraction of sp³-hybridized carbons (Fsp3) is 0.312. The predicted molar refractivity (Wildman–Crippen MR) is 94.3 cm³/mol. The fourth-order valence-electron chi connectivity index (χ4n) is 2.76. The molecule has 1 aromatic heterocycles. The number of amides is 2. The molecule has 1 unspecified atom stereocenters. The zero-order valence-electron chi connectivity index (χ0n) is 13.1. The van der Waals surface area contributed by atoms with Gasteiger partial charge in [0.1, 0.15) is 16.7 Å². The Kier molecular flexibility index (Phi) is 4.84. The monoisotopic (exact) mass is 364 g/mol. The zero-order valence-corrected chi connectivity index (χ0v) is 14.7. The molecule has 1 fully saturated rings. The van der Waals surface area contributed by atoms with Crippen LogP contribution in [0.5, 0.6) is 0 Å². The maximum Gasteiger partial charge on any atom is 0.273 e. The average molecular weight is 365 g/mol. The highest BCUT2D eigenvalue weighted by atomic mass is 35.5. The van der Waals surface area contributed by atoms with Crippen molar-refractivity contribution in [3.63, 3.8) is 0 Å². The molecule has 1 aliphatic heterocycles. The molecular formula is C16H17ClN4O2S. The molecule has 0 aliphatic carbocycles. The fourth-order valence-corrected chi connectivity index (χ4v) is 3.65. The van der Waals surface area contributed by atoms with Gasteiger partial charge in [-0.25, -0.2) is 4.98 Å². The van der Waals surface area contributed by atoms with E-state index in [1.165, 1.54) is 16.2 Å². The van der Waals surface area contributed by atoms with Gasteiger partial charge in [0.15, 0.2) is 0 Å². The first-order valence-corrected chi connectivity index (χ1v) is 8.76. The van der Waals surface area contributed by atoms with Crippen LogP contribution < -0.4 is 10.6 Å². The van der Waals surface area contributed by atoms with E-state index in [9.17, 15) is 9.59 Å². The summed E-state index contributed by atoms with van der Waals surface area (Å²) >= 11 is 7.52. The summed E-state index contributed by atoms with van der Waals surface area (Å²) in [6, 6.07) is 6.68. The molecule has 1 aliphatic rings. The molecule has 2 aromatic rings. The van der Waals surface area contributed by atoms with Crippen molar-refractivity contribution < 1.29 is 9.59 Å². The Morgan fingerprint density at radius 3 is 2.92 bits per heavy atom. The smallest absolute Gasteiger partial charge is 0.273 e. The topological polar surface area (TPSA) is 79.5 Å². The van der Waals surface area contributed by atoms with Gasteiger partial charge in [-0.15, -0.1) is 11.3 Å². The van der Waals surface area contributed by atoms with Gasteiger partial charge in [0, 0.05) is 25.5 Å². The Labute approximate surface area is 148 Å². The molecule has 24 heavy (non-hydrogen) atoms. The molecule has 2 heterocycles. The van der Waals surface area contributed by atoms with Crippen LogP contribution in [-0.2, 0) is 11.3 Å². The van der Waals surface area contributed by atoms with E-state index in [1.54, 1.807) is 29.5 Å². The van der Waals surface area contributed by atoms with E-state index >= 15 is 0 Å². The molecule has 3 rings (SSSR count). The summed E-state index contributed by atoms with van der Waals surface area (Å²) in [6.07, 6.45) is 0.556. The third-order valence-corrected chi connectivity index (χ3v) is 5.24. The lowest BCUT2D eigenvalue weighted by molar-refractivity contribution is -0.120. The molecular weight excluding hydrogens is 348 g/mol. The number of nitrogens with two attached hydrogens (primary N) is 1. The number of carbonyl (C=O) groups is 2. The summed E-state index contributed by atoms with van der Waals surface area (Å²) in [5.74, 6) is -0.404. The standard InChI is InChI=1S/C16H17ClN4O2S/c1-20(15(22)11-9-24-14(8-18)19-11)13-6-7-21(16(13)23)12-5-3-2-4-10(12)17/h2-5,9,13H,6-8,18H2,1H3. The number of rotatable bonds is 4. The number of carbonyl (C=O) groups excluding carboxylic acids is 2. The molecule has 8 heteroatoms. The number of halogens is 1. The van der Waals surface area contributed by atoms with Crippen molar-refractivity contribution in [2.45, 2.75) is 19.0 Å². The lowest BCUT2D eigenvalue weighted by atomic mass is 10.2. The van der Waals surface area contributed by atoms with Gasteiger partial charge in [0.25, 0.3) is 5.91 Å². The molecule has 1 atom stereocenters. The molecule has 0 saturated carbocycles. The summed E-state index contributed by atoms with van der Waals surface area (Å²) in [4.78, 5) is 32.6. The Balaban J connectivity index is 1.77. The Morgan fingerprint density at radius 2 is 2.25 bits per heavy atom. The highest BCUT2D eigenvalue weighted by Gasteiger charge is 2.38. The third-order valence-electron chi connectivity index (χ3n) is 4.05. The van der Waals surface area contributed by atoms with Crippen molar-refractivity contribution in [1.29, 1.82) is 0 Å². The van der Waals surface area contributed by atoms with Crippen LogP contribution in [-0.4, -0.2) is 41.3 Å². The van der Waals surface area contributed by atoms with Gasteiger partial charge in [-0.1, -0.05) is 23.7 Å². The van der Waals surface area contributed by atoms with Crippen LogP contribution in [0.4, 0.5) is 5.69 Å². The lowest BCUT2D eigenvalue weighted by Gasteiger charge is -2.23. The summed E-state index contributed by atoms with van der Waals surface area (Å²) < 4.78 is 0. The van der Waals surface area contributed by atoms with Crippen molar-refractivity contribution >= 4 is 40.4 Å². The van der Waals surface area contributed by atoms with E-state index in [0.29, 0.717) is 40.9 Å². The quantitative estimate of drug-likeness (QED) is 0.901. The van der Waals surface area contributed by atoms with E-state index in [-0.39, 0.29) is 11.8 Å². The first-order chi connectivity index (χ1) is 11.5. The molecule has 1 aromatic carbocycles. The molecule has 2 amide bonds. The number of hydrogen-bond donors (Lipinski definition) is 1. The van der Waals surface area contributed by atoms with Crippen molar-refractivity contribution in [2.75, 3.05) is 18.5 Å². The lowest BCUT2D eigenvalue weighted by Crippen LogP contribution is -2.43. The van der Waals surface area contributed by atoms with Crippen LogP contribution in [0, 0.1) is 0 Å². The van der Waals surface area contributed by atoms with E-state index < -0.39 is 6.04 Å². The van der Waals surface area contributed by atoms with Crippen molar-refractivity contribution in [2.24, 2.45) is 5.73 Å². The molecule has 126 valence electrons. The number of aromatic nitrogens is 1. The van der Waals surface area contributed by atoms with Gasteiger partial charge >= 0.3 is 0 Å². The van der Waals surface area contributed by atoms with Gasteiger partial charge in [-0.2, -0.15) is 0 Å². The largest absolute Gasteiger partial charge is 0.328 e. The van der Waals surface area contributed by atoms with Gasteiger partial charge < -0.3 is 15.5 Å². The first-order valence-electron chi connectivity index (χ1n) is 7.50. The minimum Gasteiger partial charge on any atom is -0.328 e. The molecule has 0 spiro atoms. The molecule has 0 bridgehead atoms. The van der Waals surface area contributed by atoms with Gasteiger partial charge in [-0.05, 0) is 18.6 Å². The second-order valence-corrected chi connectivity index (χ2v) is 6.84. The number of benzene rings is 1. The molecule has 2 N–H and O–H groups in total. The maximum atomic E-state index is 12.7. The normalized spacial score (nSPS) is 17.4. The van der Waals surface area contributed by atoms with E-state index in [0.717, 1.165) is 0 Å². The Bertz CT molecular complexity index is 779. The number of nitrogens with zero attached hydrogens (tertiary/aromatic N) is 3. The van der Waals surface area contributed by atoms with Crippen LogP contribution >= 0.6 is 22.9 Å². The number of thiazole rings is 1. The highest BCUT2D eigenvalue weighted by molar-refractivity contribution is 7.09. The third kappa shape index (κ3) is 3.02. The second kappa shape index (κ2) is 6.88. The minimum atomic E-state index is -0.517. The van der Waals surface area contributed by atoms with Crippen molar-refractivity contribution in [3.05, 3.63) is 45.4 Å². The minimum absolute atomic E-state index is 0.131. The maximum absolute atomic E-state index is 12.7. The van der Waals surface area contributed by atoms with Gasteiger partial charge in [-0.3, -0.25) is 9.59 Å². The van der Waals surface area contributed by atoms with Crippen LogP contribution in [0.1, 0.15) is 21.9 Å². The summed E-state index contributed by atoms with van der Waals surface area (Å²) in [6.45, 7) is 0.820. The summed E-state index contributed by atoms with van der Waals surface area (Å²) in [7, 11) is 1.63. The average Bonchev–Trinajstić information content (AvgIpc) is 3.21. The van der Waals surface area contributed by atoms with Gasteiger partial charge in [0.05, 0.1) is 10.7 Å². The van der Waals surface area contributed by atoms with Crippen LogP contribution in [0.25, 0.3) is 0 Å². The number of para-hydroxylation sites is 1. The Hall–Kier alpha value is -1.96. The van der Waals surface area contributed by atoms with E-state index in [2.05, 4.69) is 4.98 Å². The predicted octanol–water partition coefficient (Wildman–Crippen LogP) is 2.13. The van der Waals surface area contributed by atoms with Crippen LogP contribution in [0.3, 0.4) is 0 Å².